The van der Waals surface area contributed by atoms with Crippen molar-refractivity contribution in [2.45, 2.75) is 26.3 Å². The fourth-order valence-corrected chi connectivity index (χ4v) is 4.16. The number of nitrogen functional groups attached to an aromatic ring is 1. The van der Waals surface area contributed by atoms with E-state index in [0.29, 0.717) is 29.4 Å². The van der Waals surface area contributed by atoms with E-state index in [2.05, 4.69) is 31.9 Å². The largest absolute Gasteiger partial charge is 0.507 e. The third kappa shape index (κ3) is 5.70. The molecule has 0 radical (unpaired) electrons. The third-order valence-electron chi connectivity index (χ3n) is 6.42. The zero-order chi connectivity index (χ0) is 25.7. The molecule has 3 heterocycles. The molecule has 0 aliphatic carbocycles. The number of phenolic OH excluding ortho intramolecular Hbond substituents is 1. The Hall–Kier alpha value is -4.21. The van der Waals surface area contributed by atoms with Gasteiger partial charge < -0.3 is 25.5 Å². The Bertz CT molecular complexity index is 1250. The second kappa shape index (κ2) is 11.0. The fraction of sp³-hybridized carbons (Fsp3) is 0.346. The van der Waals surface area contributed by atoms with E-state index in [1.165, 1.54) is 6.92 Å². The van der Waals surface area contributed by atoms with Crippen LogP contribution in [0.4, 0.5) is 17.3 Å². The Morgan fingerprint density at radius 2 is 2.03 bits per heavy atom. The summed E-state index contributed by atoms with van der Waals surface area (Å²) in [5.41, 5.74) is 8.23. The van der Waals surface area contributed by atoms with Gasteiger partial charge in [-0.3, -0.25) is 4.79 Å². The van der Waals surface area contributed by atoms with Gasteiger partial charge >= 0.3 is 0 Å². The highest BCUT2D eigenvalue weighted by Gasteiger charge is 2.24. The molecule has 0 spiro atoms. The molecule has 1 aliphatic heterocycles. The van der Waals surface area contributed by atoms with Crippen molar-refractivity contribution in [2.75, 3.05) is 48.8 Å². The van der Waals surface area contributed by atoms with Gasteiger partial charge in [0.15, 0.2) is 11.6 Å². The van der Waals surface area contributed by atoms with Crippen LogP contribution in [0.25, 0.3) is 17.3 Å². The van der Waals surface area contributed by atoms with Gasteiger partial charge in [-0.25, -0.2) is 9.97 Å². The number of likely N-dealkylation sites (N-methyl/N-ethyl adjacent to an activating group) is 1. The summed E-state index contributed by atoms with van der Waals surface area (Å²) in [6.07, 6.45) is 6.37. The van der Waals surface area contributed by atoms with E-state index in [-0.39, 0.29) is 17.7 Å². The van der Waals surface area contributed by atoms with Gasteiger partial charge in [0.1, 0.15) is 11.6 Å². The van der Waals surface area contributed by atoms with Gasteiger partial charge in [0, 0.05) is 58.0 Å². The van der Waals surface area contributed by atoms with Crippen LogP contribution in [0.2, 0.25) is 0 Å². The summed E-state index contributed by atoms with van der Waals surface area (Å²) in [7, 11) is 1.76. The molecule has 1 saturated heterocycles. The minimum atomic E-state index is 0.00925. The van der Waals surface area contributed by atoms with Crippen LogP contribution in [0, 0.1) is 0 Å². The molecule has 1 amide bonds. The highest BCUT2D eigenvalue weighted by atomic mass is 16.3. The normalized spacial score (nSPS) is 16.2. The van der Waals surface area contributed by atoms with E-state index < -0.39 is 0 Å². The number of aromatic nitrogens is 4. The Labute approximate surface area is 211 Å². The van der Waals surface area contributed by atoms with Crippen LogP contribution in [0.3, 0.4) is 0 Å². The Morgan fingerprint density at radius 1 is 1.22 bits per heavy atom. The molecule has 1 fully saturated rings. The molecule has 1 aliphatic rings. The second-order valence-electron chi connectivity index (χ2n) is 8.91. The summed E-state index contributed by atoms with van der Waals surface area (Å²) in [6, 6.07) is 11.1. The molecule has 1 aromatic carbocycles. The number of aromatic hydroxyl groups is 1. The molecule has 3 N–H and O–H groups in total. The van der Waals surface area contributed by atoms with E-state index in [4.69, 9.17) is 10.7 Å². The van der Waals surface area contributed by atoms with Crippen LogP contribution in [0.1, 0.15) is 26.1 Å². The zero-order valence-corrected chi connectivity index (χ0v) is 20.9. The van der Waals surface area contributed by atoms with E-state index in [9.17, 15) is 9.90 Å². The second-order valence-corrected chi connectivity index (χ2v) is 8.91. The lowest BCUT2D eigenvalue weighted by Crippen LogP contribution is -2.35. The van der Waals surface area contributed by atoms with Crippen molar-refractivity contribution < 1.29 is 9.90 Å². The van der Waals surface area contributed by atoms with Crippen LogP contribution in [0.5, 0.6) is 5.75 Å². The third-order valence-corrected chi connectivity index (χ3v) is 6.42. The van der Waals surface area contributed by atoms with Crippen molar-refractivity contribution >= 4 is 29.3 Å². The lowest BCUT2D eigenvalue weighted by molar-refractivity contribution is -0.127. The number of nitrogens with two attached hydrogens (primary N) is 1. The summed E-state index contributed by atoms with van der Waals surface area (Å²) in [5.74, 6) is 1.98. The van der Waals surface area contributed by atoms with Crippen molar-refractivity contribution in [3.8, 4) is 17.0 Å². The molecule has 10 heteroatoms. The number of carbonyl (C=O) groups is 1. The quantitative estimate of drug-likeness (QED) is 0.539. The smallest absolute Gasteiger partial charge is 0.219 e. The van der Waals surface area contributed by atoms with E-state index >= 15 is 0 Å². The first-order valence-electron chi connectivity index (χ1n) is 12.0. The highest BCUT2D eigenvalue weighted by molar-refractivity contribution is 5.74. The predicted molar refractivity (Wildman–Crippen MR) is 142 cm³/mol. The van der Waals surface area contributed by atoms with Gasteiger partial charge in [-0.15, -0.1) is 10.2 Å². The molecule has 3 aromatic rings. The summed E-state index contributed by atoms with van der Waals surface area (Å²) < 4.78 is 0. The average Bonchev–Trinajstić information content (AvgIpc) is 3.06. The van der Waals surface area contributed by atoms with Crippen LogP contribution in [-0.4, -0.2) is 75.3 Å². The number of para-hydroxylation sites is 1. The summed E-state index contributed by atoms with van der Waals surface area (Å²) in [5, 5.41) is 18.6. The number of benzene rings is 1. The van der Waals surface area contributed by atoms with E-state index in [1.807, 2.05) is 36.4 Å². The summed E-state index contributed by atoms with van der Waals surface area (Å²) in [6.45, 7) is 6.48. The molecular weight excluding hydrogens is 456 g/mol. The first-order chi connectivity index (χ1) is 17.3. The number of nitrogens with zero attached hydrogens (tertiary/aromatic N) is 7. The van der Waals surface area contributed by atoms with Crippen LogP contribution >= 0.6 is 0 Å². The van der Waals surface area contributed by atoms with E-state index in [1.54, 1.807) is 30.3 Å². The number of anilines is 3. The van der Waals surface area contributed by atoms with Crippen molar-refractivity contribution in [1.29, 1.82) is 0 Å². The zero-order valence-electron chi connectivity index (χ0n) is 20.9. The number of hydrogen-bond acceptors (Lipinski definition) is 9. The van der Waals surface area contributed by atoms with Gasteiger partial charge in [0.05, 0.1) is 11.4 Å². The molecule has 0 bridgehead atoms. The Morgan fingerprint density at radius 3 is 2.81 bits per heavy atom. The lowest BCUT2D eigenvalue weighted by Gasteiger charge is -2.28. The van der Waals surface area contributed by atoms with Crippen molar-refractivity contribution in [1.82, 2.24) is 25.1 Å². The van der Waals surface area contributed by atoms with E-state index in [0.717, 1.165) is 37.6 Å². The van der Waals surface area contributed by atoms with Crippen LogP contribution in [-0.2, 0) is 4.79 Å². The molecule has 10 nitrogen and oxygen atoms in total. The molecule has 0 saturated carbocycles. The molecule has 36 heavy (non-hydrogen) atoms. The van der Waals surface area contributed by atoms with Gasteiger partial charge in [0.25, 0.3) is 0 Å². The van der Waals surface area contributed by atoms with Crippen molar-refractivity contribution in [3.05, 3.63) is 54.5 Å². The van der Waals surface area contributed by atoms with Crippen molar-refractivity contribution in [3.63, 3.8) is 0 Å². The number of carbonyl (C=O) groups excluding carboxylic acids is 1. The number of rotatable bonds is 6. The van der Waals surface area contributed by atoms with Crippen LogP contribution in [0.15, 0.2) is 48.7 Å². The van der Waals surface area contributed by atoms with Gasteiger partial charge in [-0.2, -0.15) is 0 Å². The lowest BCUT2D eigenvalue weighted by atomic mass is 10.1. The highest BCUT2D eigenvalue weighted by Crippen LogP contribution is 2.32. The topological polar surface area (TPSA) is 125 Å². The molecule has 188 valence electrons. The number of phenols is 1. The maximum absolute atomic E-state index is 11.4. The monoisotopic (exact) mass is 488 g/mol. The standard InChI is InChI=1S/C26H32N8O2/c1-18-11-14-33(22-17-21(30-31-26(22)27)20-7-4-5-8-23(20)36)15-16-34(18)25-10-12-28-24(29-25)9-6-13-32(3)19(2)35/h4-10,12,17-18,36H,11,13-16H2,1-3H3,(H2,27,31)/b9-6+/t18-/m0/s1. The minimum absolute atomic E-state index is 0.00925. The summed E-state index contributed by atoms with van der Waals surface area (Å²) >= 11 is 0. The fourth-order valence-electron chi connectivity index (χ4n) is 4.16. The van der Waals surface area contributed by atoms with Gasteiger partial charge in [0.2, 0.25) is 5.91 Å². The molecule has 2 aromatic heterocycles. The number of hydrogen-bond donors (Lipinski definition) is 2. The maximum atomic E-state index is 11.4. The van der Waals surface area contributed by atoms with Crippen molar-refractivity contribution in [2.24, 2.45) is 0 Å². The predicted octanol–water partition coefficient (Wildman–Crippen LogP) is 2.82. The SMILES string of the molecule is CC(=O)N(C)C/C=C/c1nccc(N2CCN(c3cc(-c4ccccc4O)nnc3N)CC[C@@H]2C)n1. The minimum Gasteiger partial charge on any atom is -0.507 e. The molecule has 1 atom stereocenters. The number of amides is 1. The average molecular weight is 489 g/mol. The molecule has 4 rings (SSSR count). The first kappa shape index (κ1) is 24.9. The first-order valence-corrected chi connectivity index (χ1v) is 12.0. The van der Waals surface area contributed by atoms with Gasteiger partial charge in [-0.05, 0) is 43.7 Å². The van der Waals surface area contributed by atoms with Gasteiger partial charge in [-0.1, -0.05) is 18.2 Å². The Kier molecular flexibility index (Phi) is 7.62. The maximum Gasteiger partial charge on any atom is 0.219 e. The Balaban J connectivity index is 1.51. The molecule has 0 unspecified atom stereocenters. The van der Waals surface area contributed by atoms with Crippen LogP contribution < -0.4 is 15.5 Å². The molecular formula is C26H32N8O2. The summed E-state index contributed by atoms with van der Waals surface area (Å²) in [4.78, 5) is 26.6.